The molecular formula is C14H31N3. The van der Waals surface area contributed by atoms with Gasteiger partial charge in [0.2, 0.25) is 0 Å². The van der Waals surface area contributed by atoms with Gasteiger partial charge in [-0.1, -0.05) is 13.8 Å². The summed E-state index contributed by atoms with van der Waals surface area (Å²) in [5.41, 5.74) is 6.62. The Morgan fingerprint density at radius 1 is 1.18 bits per heavy atom. The summed E-state index contributed by atoms with van der Waals surface area (Å²) >= 11 is 0. The number of nitrogens with zero attached hydrogens (tertiary/aromatic N) is 2. The van der Waals surface area contributed by atoms with Crippen LogP contribution in [-0.4, -0.2) is 55.1 Å². The van der Waals surface area contributed by atoms with E-state index in [1.165, 1.54) is 25.9 Å². The van der Waals surface area contributed by atoms with Gasteiger partial charge in [-0.25, -0.2) is 0 Å². The highest BCUT2D eigenvalue weighted by molar-refractivity contribution is 4.91. The van der Waals surface area contributed by atoms with Crippen LogP contribution in [0.4, 0.5) is 0 Å². The molecule has 2 N–H and O–H groups in total. The third-order valence-electron chi connectivity index (χ3n) is 4.89. The lowest BCUT2D eigenvalue weighted by Crippen LogP contribution is -2.59. The topological polar surface area (TPSA) is 32.5 Å². The Morgan fingerprint density at radius 2 is 1.76 bits per heavy atom. The Bertz CT molecular complexity index is 225. The van der Waals surface area contributed by atoms with Gasteiger partial charge >= 0.3 is 0 Å². The number of hydrogen-bond acceptors (Lipinski definition) is 3. The number of piperazine rings is 1. The van der Waals surface area contributed by atoms with Gasteiger partial charge in [-0.15, -0.1) is 0 Å². The molecule has 3 nitrogen and oxygen atoms in total. The highest BCUT2D eigenvalue weighted by Crippen LogP contribution is 2.28. The maximum atomic E-state index is 6.00. The maximum absolute atomic E-state index is 6.00. The molecule has 3 heteroatoms. The summed E-state index contributed by atoms with van der Waals surface area (Å²) in [6.45, 7) is 14.7. The lowest BCUT2D eigenvalue weighted by molar-refractivity contribution is 0.0152. The van der Waals surface area contributed by atoms with Crippen LogP contribution < -0.4 is 5.73 Å². The first-order chi connectivity index (χ1) is 7.89. The molecule has 1 fully saturated rings. The minimum absolute atomic E-state index is 0.292. The smallest absolute Gasteiger partial charge is 0.0277 e. The zero-order chi connectivity index (χ0) is 13.1. The summed E-state index contributed by atoms with van der Waals surface area (Å²) in [5.74, 6) is 0. The van der Waals surface area contributed by atoms with Gasteiger partial charge in [0, 0.05) is 31.7 Å². The predicted molar refractivity (Wildman–Crippen MR) is 75.2 cm³/mol. The highest BCUT2D eigenvalue weighted by Gasteiger charge is 2.34. The van der Waals surface area contributed by atoms with Crippen LogP contribution in [-0.2, 0) is 0 Å². The van der Waals surface area contributed by atoms with Crippen LogP contribution in [0.2, 0.25) is 0 Å². The molecule has 17 heavy (non-hydrogen) atoms. The normalized spacial score (nSPS) is 22.9. The molecular weight excluding hydrogens is 210 g/mol. The molecule has 1 aliphatic rings. The second kappa shape index (κ2) is 5.68. The number of nitrogens with two attached hydrogens (primary N) is 1. The second-order valence-corrected chi connectivity index (χ2v) is 6.36. The Balaban J connectivity index is 2.63. The van der Waals surface area contributed by atoms with Crippen LogP contribution in [0.1, 0.15) is 40.5 Å². The van der Waals surface area contributed by atoms with Crippen molar-refractivity contribution in [1.29, 1.82) is 0 Å². The van der Waals surface area contributed by atoms with E-state index in [-0.39, 0.29) is 0 Å². The third-order valence-corrected chi connectivity index (χ3v) is 4.89. The summed E-state index contributed by atoms with van der Waals surface area (Å²) in [6, 6.07) is 0. The molecule has 1 heterocycles. The number of rotatable bonds is 5. The van der Waals surface area contributed by atoms with Crippen molar-refractivity contribution in [2.45, 2.75) is 46.1 Å². The molecule has 0 radical (unpaired) electrons. The molecule has 0 atom stereocenters. The monoisotopic (exact) mass is 241 g/mol. The highest BCUT2D eigenvalue weighted by atomic mass is 15.3. The zero-order valence-electron chi connectivity index (χ0n) is 12.4. The largest absolute Gasteiger partial charge is 0.330 e. The fourth-order valence-corrected chi connectivity index (χ4v) is 2.78. The Hall–Kier alpha value is -0.120. The van der Waals surface area contributed by atoms with Crippen molar-refractivity contribution in [2.24, 2.45) is 11.1 Å². The van der Waals surface area contributed by atoms with E-state index >= 15 is 0 Å². The molecule has 0 unspecified atom stereocenters. The van der Waals surface area contributed by atoms with E-state index in [0.717, 1.165) is 19.6 Å². The summed E-state index contributed by atoms with van der Waals surface area (Å²) in [7, 11) is 2.23. The van der Waals surface area contributed by atoms with Crippen molar-refractivity contribution in [3.63, 3.8) is 0 Å². The van der Waals surface area contributed by atoms with Crippen LogP contribution in [0.25, 0.3) is 0 Å². The van der Waals surface area contributed by atoms with Gasteiger partial charge < -0.3 is 5.73 Å². The van der Waals surface area contributed by atoms with Gasteiger partial charge in [0.1, 0.15) is 0 Å². The first kappa shape index (κ1) is 14.9. The van der Waals surface area contributed by atoms with Gasteiger partial charge in [0.25, 0.3) is 0 Å². The van der Waals surface area contributed by atoms with Crippen LogP contribution in [0.15, 0.2) is 0 Å². The van der Waals surface area contributed by atoms with Crippen LogP contribution in [0.5, 0.6) is 0 Å². The maximum Gasteiger partial charge on any atom is 0.0277 e. The van der Waals surface area contributed by atoms with Crippen LogP contribution in [0, 0.1) is 5.41 Å². The molecule has 102 valence electrons. The molecule has 0 spiro atoms. The van der Waals surface area contributed by atoms with Crippen LogP contribution in [0.3, 0.4) is 0 Å². The minimum Gasteiger partial charge on any atom is -0.330 e. The molecule has 0 bridgehead atoms. The summed E-state index contributed by atoms with van der Waals surface area (Å²) < 4.78 is 0. The quantitative estimate of drug-likeness (QED) is 0.796. The van der Waals surface area contributed by atoms with E-state index in [9.17, 15) is 0 Å². The summed E-state index contributed by atoms with van der Waals surface area (Å²) in [6.07, 6.45) is 2.37. The van der Waals surface area contributed by atoms with Crippen LogP contribution >= 0.6 is 0 Å². The molecule has 0 saturated carbocycles. The van der Waals surface area contributed by atoms with E-state index in [0.29, 0.717) is 11.0 Å². The SMILES string of the molecule is CCC(CC)(CN)CN1CCN(C)C(C)(C)C1. The lowest BCUT2D eigenvalue weighted by Gasteiger charge is -2.48. The van der Waals surface area contributed by atoms with Gasteiger partial charge in [0.15, 0.2) is 0 Å². The van der Waals surface area contributed by atoms with Crippen molar-refractivity contribution in [2.75, 3.05) is 39.8 Å². The average molecular weight is 241 g/mol. The fourth-order valence-electron chi connectivity index (χ4n) is 2.78. The second-order valence-electron chi connectivity index (χ2n) is 6.36. The lowest BCUT2D eigenvalue weighted by atomic mass is 9.81. The molecule has 1 saturated heterocycles. The molecule has 0 aromatic rings. The fraction of sp³-hybridized carbons (Fsp3) is 1.00. The summed E-state index contributed by atoms with van der Waals surface area (Å²) in [4.78, 5) is 5.07. The Kier molecular flexibility index (Phi) is 4.99. The van der Waals surface area contributed by atoms with Crippen molar-refractivity contribution in [1.82, 2.24) is 9.80 Å². The molecule has 0 aromatic carbocycles. The van der Waals surface area contributed by atoms with Crippen molar-refractivity contribution in [3.8, 4) is 0 Å². The number of hydrogen-bond donors (Lipinski definition) is 1. The van der Waals surface area contributed by atoms with E-state index in [4.69, 9.17) is 5.73 Å². The summed E-state index contributed by atoms with van der Waals surface area (Å²) in [5, 5.41) is 0. The van der Waals surface area contributed by atoms with Crippen molar-refractivity contribution in [3.05, 3.63) is 0 Å². The van der Waals surface area contributed by atoms with E-state index < -0.39 is 0 Å². The molecule has 1 aliphatic heterocycles. The van der Waals surface area contributed by atoms with Crippen molar-refractivity contribution >= 4 is 0 Å². The predicted octanol–water partition coefficient (Wildman–Crippen LogP) is 1.78. The van der Waals surface area contributed by atoms with E-state index in [1.807, 2.05) is 0 Å². The average Bonchev–Trinajstić information content (AvgIpc) is 2.31. The first-order valence-electron chi connectivity index (χ1n) is 7.03. The van der Waals surface area contributed by atoms with Crippen molar-refractivity contribution < 1.29 is 0 Å². The first-order valence-corrected chi connectivity index (χ1v) is 7.03. The molecule has 1 rings (SSSR count). The zero-order valence-corrected chi connectivity index (χ0v) is 12.4. The standard InChI is InChI=1S/C14H31N3/c1-6-14(7-2,10-15)12-17-9-8-16(5)13(3,4)11-17/h6-12,15H2,1-5H3. The molecule has 0 amide bonds. The Morgan fingerprint density at radius 3 is 2.18 bits per heavy atom. The van der Waals surface area contributed by atoms with Gasteiger partial charge in [-0.2, -0.15) is 0 Å². The van der Waals surface area contributed by atoms with E-state index in [2.05, 4.69) is 44.5 Å². The Labute approximate surface area is 107 Å². The minimum atomic E-state index is 0.292. The number of likely N-dealkylation sites (N-methyl/N-ethyl adjacent to an activating group) is 1. The van der Waals surface area contributed by atoms with Gasteiger partial charge in [-0.05, 0) is 45.7 Å². The van der Waals surface area contributed by atoms with Gasteiger partial charge in [-0.3, -0.25) is 9.80 Å². The van der Waals surface area contributed by atoms with E-state index in [1.54, 1.807) is 0 Å². The third kappa shape index (κ3) is 3.43. The molecule has 0 aliphatic carbocycles. The van der Waals surface area contributed by atoms with Gasteiger partial charge in [0.05, 0.1) is 0 Å². The molecule has 0 aromatic heterocycles.